The molecule has 1 aromatic rings. The Kier molecular flexibility index (Phi) is 5.69. The first-order valence-corrected chi connectivity index (χ1v) is 8.78. The number of benzene rings is 1. The molecule has 0 radical (unpaired) electrons. The van der Waals surface area contributed by atoms with Crippen molar-refractivity contribution in [1.82, 2.24) is 15.2 Å². The van der Waals surface area contributed by atoms with Gasteiger partial charge in [-0.05, 0) is 37.6 Å². The minimum atomic E-state index is -3.64. The number of sulfonamides is 1. The Balaban J connectivity index is 2.14. The summed E-state index contributed by atoms with van der Waals surface area (Å²) in [5.74, 6) is -0.395. The Labute approximate surface area is 125 Å². The van der Waals surface area contributed by atoms with Gasteiger partial charge < -0.3 is 5.32 Å². The lowest BCUT2D eigenvalue weighted by atomic mass is 10.2. The summed E-state index contributed by atoms with van der Waals surface area (Å²) in [5.41, 5.74) is 0.360. The first kappa shape index (κ1) is 16.4. The van der Waals surface area contributed by atoms with E-state index >= 15 is 0 Å². The van der Waals surface area contributed by atoms with Crippen molar-refractivity contribution in [2.75, 3.05) is 19.6 Å². The van der Waals surface area contributed by atoms with Gasteiger partial charge in [-0.1, -0.05) is 13.3 Å². The van der Waals surface area contributed by atoms with E-state index in [0.717, 1.165) is 19.3 Å². The number of hydrogen-bond donors (Lipinski definition) is 2. The molecule has 2 rings (SSSR count). The second kappa shape index (κ2) is 7.31. The summed E-state index contributed by atoms with van der Waals surface area (Å²) in [6, 6.07) is 3.90. The van der Waals surface area contributed by atoms with Gasteiger partial charge in [-0.3, -0.25) is 0 Å². The van der Waals surface area contributed by atoms with Crippen LogP contribution in [0.25, 0.3) is 0 Å². The Morgan fingerprint density at radius 1 is 1.24 bits per heavy atom. The summed E-state index contributed by atoms with van der Waals surface area (Å²) in [5, 5.41) is 4.71. The monoisotopic (exact) mass is 315 g/mol. The van der Waals surface area contributed by atoms with Crippen LogP contribution in [0.15, 0.2) is 23.1 Å². The van der Waals surface area contributed by atoms with Gasteiger partial charge in [0.15, 0.2) is 0 Å². The number of hydrazine groups is 1. The van der Waals surface area contributed by atoms with Crippen molar-refractivity contribution in [3.8, 4) is 0 Å². The SMILES string of the molecule is CCNCc1cc(S(=O)(=O)NN2CCCCC2)ccc1F. The molecule has 0 atom stereocenters. The number of hydrogen-bond acceptors (Lipinski definition) is 4. The maximum atomic E-state index is 13.7. The minimum Gasteiger partial charge on any atom is -0.313 e. The molecule has 0 aromatic heterocycles. The molecule has 1 heterocycles. The number of halogens is 1. The largest absolute Gasteiger partial charge is 0.313 e. The first-order chi connectivity index (χ1) is 10.0. The molecule has 1 aromatic carbocycles. The summed E-state index contributed by atoms with van der Waals surface area (Å²) in [6.45, 7) is 4.35. The van der Waals surface area contributed by atoms with E-state index < -0.39 is 15.8 Å². The van der Waals surface area contributed by atoms with E-state index in [1.54, 1.807) is 5.01 Å². The smallest absolute Gasteiger partial charge is 0.253 e. The molecule has 0 spiro atoms. The second-order valence-electron chi connectivity index (χ2n) is 5.18. The van der Waals surface area contributed by atoms with Gasteiger partial charge in [0.05, 0.1) is 4.90 Å². The van der Waals surface area contributed by atoms with Crippen molar-refractivity contribution in [3.63, 3.8) is 0 Å². The fourth-order valence-electron chi connectivity index (χ4n) is 2.32. The molecule has 118 valence electrons. The molecule has 1 aliphatic rings. The Morgan fingerprint density at radius 3 is 2.62 bits per heavy atom. The third kappa shape index (κ3) is 4.47. The topological polar surface area (TPSA) is 61.4 Å². The van der Waals surface area contributed by atoms with Crippen LogP contribution >= 0.6 is 0 Å². The Morgan fingerprint density at radius 2 is 1.95 bits per heavy atom. The molecule has 7 heteroatoms. The molecule has 1 aliphatic heterocycles. The molecule has 21 heavy (non-hydrogen) atoms. The standard InChI is InChI=1S/C14H22FN3O2S/c1-2-16-11-12-10-13(6-7-14(12)15)21(19,20)17-18-8-4-3-5-9-18/h6-7,10,16-17H,2-5,8-9,11H2,1H3. The summed E-state index contributed by atoms with van der Waals surface area (Å²) >= 11 is 0. The number of nitrogens with one attached hydrogen (secondary N) is 2. The molecule has 0 unspecified atom stereocenters. The molecule has 5 nitrogen and oxygen atoms in total. The van der Waals surface area contributed by atoms with Crippen LogP contribution in [0, 0.1) is 5.82 Å². The fraction of sp³-hybridized carbons (Fsp3) is 0.571. The van der Waals surface area contributed by atoms with Crippen LogP contribution in [0.1, 0.15) is 31.7 Å². The van der Waals surface area contributed by atoms with Crippen LogP contribution in [0.4, 0.5) is 4.39 Å². The second-order valence-corrected chi connectivity index (χ2v) is 6.84. The van der Waals surface area contributed by atoms with E-state index in [9.17, 15) is 12.8 Å². The highest BCUT2D eigenvalue weighted by Crippen LogP contribution is 2.16. The first-order valence-electron chi connectivity index (χ1n) is 7.29. The Hall–Kier alpha value is -1.02. The minimum absolute atomic E-state index is 0.0994. The van der Waals surface area contributed by atoms with E-state index in [4.69, 9.17) is 0 Å². The van der Waals surface area contributed by atoms with Gasteiger partial charge in [-0.2, -0.15) is 0 Å². The zero-order valence-corrected chi connectivity index (χ0v) is 13.0. The molecule has 2 N–H and O–H groups in total. The van der Waals surface area contributed by atoms with E-state index in [2.05, 4.69) is 10.1 Å². The lowest BCUT2D eigenvalue weighted by molar-refractivity contribution is 0.200. The van der Waals surface area contributed by atoms with Gasteiger partial charge in [-0.15, -0.1) is 4.83 Å². The predicted octanol–water partition coefficient (Wildman–Crippen LogP) is 1.61. The average Bonchev–Trinajstić information content (AvgIpc) is 2.47. The summed E-state index contributed by atoms with van der Waals surface area (Å²) < 4.78 is 38.4. The van der Waals surface area contributed by atoms with Crippen LogP contribution in [-0.4, -0.2) is 33.1 Å². The zero-order valence-electron chi connectivity index (χ0n) is 12.2. The number of rotatable bonds is 6. The van der Waals surface area contributed by atoms with E-state index in [1.807, 2.05) is 6.92 Å². The maximum absolute atomic E-state index is 13.7. The van der Waals surface area contributed by atoms with Gasteiger partial charge >= 0.3 is 0 Å². The molecular weight excluding hydrogens is 293 g/mol. The molecule has 1 fully saturated rings. The Bertz CT molecular complexity index is 572. The van der Waals surface area contributed by atoms with E-state index in [-0.39, 0.29) is 4.90 Å². The normalized spacial score (nSPS) is 17.0. The van der Waals surface area contributed by atoms with Gasteiger partial charge in [0.2, 0.25) is 0 Å². The van der Waals surface area contributed by atoms with Crippen molar-refractivity contribution in [3.05, 3.63) is 29.6 Å². The highest BCUT2D eigenvalue weighted by Gasteiger charge is 2.20. The van der Waals surface area contributed by atoms with Crippen molar-refractivity contribution in [1.29, 1.82) is 0 Å². The van der Waals surface area contributed by atoms with Crippen molar-refractivity contribution in [2.24, 2.45) is 0 Å². The zero-order chi connectivity index (χ0) is 15.3. The summed E-state index contributed by atoms with van der Waals surface area (Å²) in [4.78, 5) is 2.68. The van der Waals surface area contributed by atoms with Gasteiger partial charge in [0.25, 0.3) is 10.0 Å². The van der Waals surface area contributed by atoms with Crippen LogP contribution in [0.5, 0.6) is 0 Å². The average molecular weight is 315 g/mol. The van der Waals surface area contributed by atoms with Crippen LogP contribution in [0.2, 0.25) is 0 Å². The van der Waals surface area contributed by atoms with Crippen LogP contribution in [-0.2, 0) is 16.6 Å². The molecule has 0 aliphatic carbocycles. The molecular formula is C14H22FN3O2S. The van der Waals surface area contributed by atoms with Gasteiger partial charge in [-0.25, -0.2) is 17.8 Å². The van der Waals surface area contributed by atoms with Crippen LogP contribution < -0.4 is 10.1 Å². The highest BCUT2D eigenvalue weighted by atomic mass is 32.2. The molecule has 0 amide bonds. The van der Waals surface area contributed by atoms with Crippen molar-refractivity contribution in [2.45, 2.75) is 37.6 Å². The van der Waals surface area contributed by atoms with E-state index in [0.29, 0.717) is 31.7 Å². The van der Waals surface area contributed by atoms with Crippen molar-refractivity contribution >= 4 is 10.0 Å². The lowest BCUT2D eigenvalue weighted by Gasteiger charge is -2.26. The molecule has 1 saturated heterocycles. The van der Waals surface area contributed by atoms with Gasteiger partial charge in [0.1, 0.15) is 5.82 Å². The molecule has 0 saturated carbocycles. The lowest BCUT2D eigenvalue weighted by Crippen LogP contribution is -2.44. The summed E-state index contributed by atoms with van der Waals surface area (Å²) in [7, 11) is -3.64. The quantitative estimate of drug-likeness (QED) is 0.837. The third-order valence-electron chi connectivity index (χ3n) is 3.50. The van der Waals surface area contributed by atoms with Crippen LogP contribution in [0.3, 0.4) is 0 Å². The fourth-order valence-corrected chi connectivity index (χ4v) is 3.49. The predicted molar refractivity (Wildman–Crippen MR) is 79.5 cm³/mol. The highest BCUT2D eigenvalue weighted by molar-refractivity contribution is 7.89. The number of piperidine rings is 1. The maximum Gasteiger partial charge on any atom is 0.253 e. The van der Waals surface area contributed by atoms with Crippen molar-refractivity contribution < 1.29 is 12.8 Å². The number of nitrogens with zero attached hydrogens (tertiary/aromatic N) is 1. The van der Waals surface area contributed by atoms with Gasteiger partial charge in [0, 0.05) is 25.2 Å². The van der Waals surface area contributed by atoms with E-state index in [1.165, 1.54) is 18.2 Å². The summed E-state index contributed by atoms with van der Waals surface area (Å²) in [6.07, 6.45) is 3.09. The molecule has 0 bridgehead atoms. The third-order valence-corrected chi connectivity index (χ3v) is 4.87.